The molecule has 2 atom stereocenters. The van der Waals surface area contributed by atoms with E-state index in [2.05, 4.69) is 22.1 Å². The van der Waals surface area contributed by atoms with E-state index >= 15 is 0 Å². The number of aliphatic hydroxyl groups excluding tert-OH is 1. The van der Waals surface area contributed by atoms with Crippen molar-refractivity contribution in [1.29, 1.82) is 0 Å². The highest BCUT2D eigenvalue weighted by molar-refractivity contribution is 5.54. The fourth-order valence-electron chi connectivity index (χ4n) is 4.33. The number of hydrogen-bond donors (Lipinski definition) is 5. The van der Waals surface area contributed by atoms with Crippen molar-refractivity contribution in [2.45, 2.75) is 43.5 Å². The number of carbonyl (C=O) groups is 1. The Kier molecular flexibility index (Phi) is 18.7. The Bertz CT molecular complexity index is 1210. The third kappa shape index (κ3) is 14.9. The largest absolute Gasteiger partial charge is 0.400 e. The topological polar surface area (TPSA) is 123 Å². The fourth-order valence-corrected chi connectivity index (χ4v) is 4.33. The van der Waals surface area contributed by atoms with Gasteiger partial charge in [-0.15, -0.1) is 0 Å². The summed E-state index contributed by atoms with van der Waals surface area (Å²) in [6, 6.07) is 17.2. The minimum atomic E-state index is -4.18. The summed E-state index contributed by atoms with van der Waals surface area (Å²) in [4.78, 5) is 10.7. The summed E-state index contributed by atoms with van der Waals surface area (Å²) in [5.41, 5.74) is 11.6. The van der Waals surface area contributed by atoms with Crippen molar-refractivity contribution in [3.63, 3.8) is 0 Å². The van der Waals surface area contributed by atoms with Gasteiger partial charge in [-0.25, -0.2) is 13.2 Å². The van der Waals surface area contributed by atoms with E-state index in [9.17, 15) is 31.1 Å². The van der Waals surface area contributed by atoms with Crippen LogP contribution in [0.15, 0.2) is 66.7 Å². The Balaban J connectivity index is 0.000000365. The first-order chi connectivity index (χ1) is 21.5. The van der Waals surface area contributed by atoms with Crippen molar-refractivity contribution in [3.8, 4) is 0 Å². The molecular weight excluding hydrogens is 602 g/mol. The number of carbonyl (C=O) groups excluding carboxylic acids is 1. The van der Waals surface area contributed by atoms with Gasteiger partial charge in [0, 0.05) is 37.2 Å². The minimum absolute atomic E-state index is 0.0255. The molecule has 4 rings (SSSR count). The van der Waals surface area contributed by atoms with Gasteiger partial charge in [-0.2, -0.15) is 13.2 Å². The Morgan fingerprint density at radius 1 is 1.02 bits per heavy atom. The van der Waals surface area contributed by atoms with Crippen LogP contribution < -0.4 is 22.1 Å². The molecule has 250 valence electrons. The molecule has 1 saturated heterocycles. The number of benzene rings is 3. The van der Waals surface area contributed by atoms with Crippen molar-refractivity contribution in [2.24, 2.45) is 11.5 Å². The quantitative estimate of drug-likeness (QED) is 0.166. The molecule has 1 fully saturated rings. The second-order valence-electron chi connectivity index (χ2n) is 9.68. The number of ether oxygens (including phenoxy) is 1. The lowest BCUT2D eigenvalue weighted by molar-refractivity contribution is -0.118. The van der Waals surface area contributed by atoms with Crippen molar-refractivity contribution in [2.75, 3.05) is 45.7 Å². The minimum Gasteiger partial charge on any atom is -0.395 e. The average molecular weight is 645 g/mol. The van der Waals surface area contributed by atoms with E-state index in [4.69, 9.17) is 9.84 Å². The van der Waals surface area contributed by atoms with Gasteiger partial charge in [-0.1, -0.05) is 30.3 Å². The van der Waals surface area contributed by atoms with Gasteiger partial charge in [0.2, 0.25) is 0 Å². The van der Waals surface area contributed by atoms with Gasteiger partial charge in [0.05, 0.1) is 31.9 Å². The molecule has 0 spiro atoms. The number of halogens is 6. The van der Waals surface area contributed by atoms with Crippen LogP contribution in [-0.4, -0.2) is 70.1 Å². The molecule has 0 bridgehead atoms. The highest BCUT2D eigenvalue weighted by atomic mass is 19.4. The van der Waals surface area contributed by atoms with Crippen LogP contribution in [0.5, 0.6) is 0 Å². The molecule has 0 unspecified atom stereocenters. The van der Waals surface area contributed by atoms with Gasteiger partial charge in [0.1, 0.15) is 23.7 Å². The van der Waals surface area contributed by atoms with Crippen LogP contribution in [0.2, 0.25) is 0 Å². The maximum Gasteiger partial charge on any atom is 0.400 e. The fraction of sp³-hybridized carbons (Fsp3) is 0.406. The van der Waals surface area contributed by atoms with Crippen LogP contribution in [0, 0.1) is 17.5 Å². The van der Waals surface area contributed by atoms with Gasteiger partial charge < -0.3 is 36.7 Å². The summed E-state index contributed by atoms with van der Waals surface area (Å²) >= 11 is 0. The number of nitrogens with two attached hydrogens (primary N) is 2. The number of anilines is 1. The highest BCUT2D eigenvalue weighted by Crippen LogP contribution is 2.28. The van der Waals surface area contributed by atoms with Crippen LogP contribution in [0.25, 0.3) is 0 Å². The summed E-state index contributed by atoms with van der Waals surface area (Å²) in [6.07, 6.45) is -1.74. The summed E-state index contributed by atoms with van der Waals surface area (Å²) in [6.45, 7) is 0.0722. The number of alkyl halides is 3. The second kappa shape index (κ2) is 21.3. The third-order valence-electron chi connectivity index (χ3n) is 6.56. The van der Waals surface area contributed by atoms with Crippen LogP contribution in [0.4, 0.5) is 32.0 Å². The normalized spacial score (nSPS) is 15.8. The number of hydrogen-bond acceptors (Lipinski definition) is 7. The van der Waals surface area contributed by atoms with Crippen LogP contribution in [0.1, 0.15) is 35.4 Å². The Morgan fingerprint density at radius 3 is 2.00 bits per heavy atom. The summed E-state index contributed by atoms with van der Waals surface area (Å²) in [7, 11) is 3.29. The zero-order valence-electron chi connectivity index (χ0n) is 25.3. The molecule has 3 aromatic carbocycles. The zero-order valence-corrected chi connectivity index (χ0v) is 25.3. The predicted molar refractivity (Wildman–Crippen MR) is 163 cm³/mol. The van der Waals surface area contributed by atoms with E-state index in [-0.39, 0.29) is 48.5 Å². The first-order valence-corrected chi connectivity index (χ1v) is 14.2. The number of aliphatic hydroxyl groups is 1. The summed E-state index contributed by atoms with van der Waals surface area (Å²) in [5.74, 6) is -1.21. The second-order valence-corrected chi connectivity index (χ2v) is 9.68. The number of nitrogens with one attached hydrogen (secondary N) is 2. The van der Waals surface area contributed by atoms with Gasteiger partial charge in [0.25, 0.3) is 0 Å². The van der Waals surface area contributed by atoms with E-state index in [0.717, 1.165) is 18.4 Å². The lowest BCUT2D eigenvalue weighted by Crippen LogP contribution is -2.48. The smallest absolute Gasteiger partial charge is 0.395 e. The Labute approximate surface area is 260 Å². The van der Waals surface area contributed by atoms with E-state index in [1.54, 1.807) is 37.4 Å². The molecule has 13 heteroatoms. The number of rotatable bonds is 9. The molecule has 7 N–H and O–H groups in total. The molecule has 1 aliphatic heterocycles. The lowest BCUT2D eigenvalue weighted by atomic mass is 9.89. The molecule has 3 aromatic rings. The third-order valence-corrected chi connectivity index (χ3v) is 6.56. The van der Waals surface area contributed by atoms with Crippen LogP contribution in [-0.2, 0) is 16.0 Å². The van der Waals surface area contributed by atoms with Crippen molar-refractivity contribution >= 4 is 12.0 Å². The maximum absolute atomic E-state index is 13.8. The zero-order chi connectivity index (χ0) is 33.8. The molecule has 1 heterocycles. The van der Waals surface area contributed by atoms with Crippen molar-refractivity contribution in [1.82, 2.24) is 5.32 Å². The number of aldehydes is 1. The van der Waals surface area contributed by atoms with Crippen LogP contribution >= 0.6 is 0 Å². The SMILES string of the molecule is CN.CNc1cccc(F)c1CC[C@@H]1CN[C@H](CO)CO1.NCC(F)(F)F.O=CCC(c1cccc(F)c1)c1cccc(F)c1. The molecule has 0 radical (unpaired) electrons. The Morgan fingerprint density at radius 2 is 1.58 bits per heavy atom. The molecule has 0 saturated carbocycles. The van der Waals surface area contributed by atoms with E-state index < -0.39 is 12.7 Å². The lowest BCUT2D eigenvalue weighted by Gasteiger charge is -2.29. The number of morpholine rings is 1. The molecule has 7 nitrogen and oxygen atoms in total. The maximum atomic E-state index is 13.8. The van der Waals surface area contributed by atoms with Gasteiger partial charge in [-0.05, 0) is 67.4 Å². The van der Waals surface area contributed by atoms with E-state index in [1.807, 2.05) is 6.07 Å². The Hall–Kier alpha value is -3.49. The summed E-state index contributed by atoms with van der Waals surface area (Å²) in [5, 5.41) is 15.2. The highest BCUT2D eigenvalue weighted by Gasteiger charge is 2.23. The molecule has 45 heavy (non-hydrogen) atoms. The molecule has 0 aliphatic carbocycles. The molecule has 1 aliphatic rings. The monoisotopic (exact) mass is 644 g/mol. The summed E-state index contributed by atoms with van der Waals surface area (Å²) < 4.78 is 77.8. The molecule has 0 aromatic heterocycles. The van der Waals surface area contributed by atoms with Gasteiger partial charge in [-0.3, -0.25) is 0 Å². The first kappa shape index (κ1) is 39.5. The van der Waals surface area contributed by atoms with Crippen molar-refractivity contribution < 1.29 is 41.0 Å². The average Bonchev–Trinajstić information content (AvgIpc) is 3.04. The molecular formula is C32H42F6N4O3. The van der Waals surface area contributed by atoms with Crippen molar-refractivity contribution in [3.05, 3.63) is 101 Å². The van der Waals surface area contributed by atoms with E-state index in [0.29, 0.717) is 36.3 Å². The predicted octanol–water partition coefficient (Wildman–Crippen LogP) is 4.92. The standard InChI is InChI=1S/C15H12F2O.C14H21FN2O2.C2H4F3N.CH5N/c16-13-5-1-3-11(9-13)15(7-8-18)12-4-2-6-14(17)10-12;1-16-14-4-2-3-13(15)12(14)6-5-11-7-17-10(8-18)9-19-11;3-2(4,5)1-6;1-2/h1-6,8-10,15H,7H2;2-4,10-11,16-18H,5-9H2,1H3;1,6H2;2H2,1H3/t;10-,11-;;/m.1../s1. The van der Waals surface area contributed by atoms with E-state index in [1.165, 1.54) is 37.4 Å². The van der Waals surface area contributed by atoms with Gasteiger partial charge in [0.15, 0.2) is 0 Å². The van der Waals surface area contributed by atoms with Crippen LogP contribution in [0.3, 0.4) is 0 Å². The first-order valence-electron chi connectivity index (χ1n) is 14.2. The molecule has 0 amide bonds. The van der Waals surface area contributed by atoms with Gasteiger partial charge >= 0.3 is 6.18 Å².